The third-order valence-electron chi connectivity index (χ3n) is 4.62. The average Bonchev–Trinajstić information content (AvgIpc) is 3.21. The molecule has 0 radical (unpaired) electrons. The molecule has 110 valence electrons. The monoisotopic (exact) mass is 318 g/mol. The first-order chi connectivity index (χ1) is 10.2. The quantitative estimate of drug-likeness (QED) is 0.854. The van der Waals surface area contributed by atoms with Crippen molar-refractivity contribution in [3.05, 3.63) is 29.1 Å². The zero-order valence-electron chi connectivity index (χ0n) is 11.9. The normalized spacial score (nSPS) is 27.4. The number of carbonyl (C=O) groups is 1. The van der Waals surface area contributed by atoms with Crippen LogP contribution in [0.1, 0.15) is 29.6 Å². The molecule has 2 fully saturated rings. The number of carbonyl (C=O) groups excluding carboxylic acids is 1. The molecule has 2 aromatic rings. The van der Waals surface area contributed by atoms with E-state index in [1.54, 1.807) is 23.1 Å². The molecule has 21 heavy (non-hydrogen) atoms. The minimum absolute atomic E-state index is 0.0674. The van der Waals surface area contributed by atoms with E-state index >= 15 is 0 Å². The molecule has 5 heteroatoms. The largest absolute Gasteiger partial charge is 0.348 e. The first kappa shape index (κ1) is 13.6. The molecule has 4 rings (SSSR count). The van der Waals surface area contributed by atoms with Gasteiger partial charge in [0.05, 0.1) is 0 Å². The molecule has 3 atom stereocenters. The second kappa shape index (κ2) is 5.30. The van der Waals surface area contributed by atoms with Crippen molar-refractivity contribution in [3.63, 3.8) is 0 Å². The Kier molecular flexibility index (Phi) is 3.44. The van der Waals surface area contributed by atoms with Crippen molar-refractivity contribution >= 4 is 39.1 Å². The summed E-state index contributed by atoms with van der Waals surface area (Å²) in [4.78, 5) is 13.8. The Morgan fingerprint density at radius 3 is 3.05 bits per heavy atom. The van der Waals surface area contributed by atoms with Crippen LogP contribution in [0, 0.1) is 0 Å². The maximum atomic E-state index is 12.6. The van der Waals surface area contributed by atoms with Gasteiger partial charge in [-0.25, -0.2) is 0 Å². The summed E-state index contributed by atoms with van der Waals surface area (Å²) >= 11 is 3.45. The maximum absolute atomic E-state index is 12.6. The van der Waals surface area contributed by atoms with Crippen LogP contribution in [0.15, 0.2) is 28.5 Å². The molecule has 1 aromatic carbocycles. The zero-order chi connectivity index (χ0) is 14.4. The van der Waals surface area contributed by atoms with Crippen LogP contribution in [0.3, 0.4) is 0 Å². The van der Waals surface area contributed by atoms with E-state index in [1.165, 1.54) is 27.8 Å². The van der Waals surface area contributed by atoms with Crippen LogP contribution in [0.4, 0.5) is 0 Å². The van der Waals surface area contributed by atoms with Crippen molar-refractivity contribution in [3.8, 4) is 0 Å². The molecule has 2 aliphatic heterocycles. The lowest BCUT2D eigenvalue weighted by atomic mass is 9.95. The van der Waals surface area contributed by atoms with Gasteiger partial charge in [-0.15, -0.1) is 23.1 Å². The lowest BCUT2D eigenvalue weighted by Crippen LogP contribution is -2.42. The molecule has 0 saturated carbocycles. The van der Waals surface area contributed by atoms with Crippen molar-refractivity contribution < 1.29 is 4.79 Å². The number of nitrogens with one attached hydrogen (secondary N) is 2. The fraction of sp³-hybridized carbons (Fsp3) is 0.438. The lowest BCUT2D eigenvalue weighted by molar-refractivity contribution is 0.0931. The first-order valence-corrected chi connectivity index (χ1v) is 9.47. The molecule has 3 nitrogen and oxygen atoms in total. The summed E-state index contributed by atoms with van der Waals surface area (Å²) < 4.78 is 1.28. The van der Waals surface area contributed by atoms with Crippen molar-refractivity contribution in [1.82, 2.24) is 10.6 Å². The second-order valence-electron chi connectivity index (χ2n) is 5.88. The fourth-order valence-corrected chi connectivity index (χ4v) is 5.30. The molecule has 0 unspecified atom stereocenters. The molecule has 3 heterocycles. The highest BCUT2D eigenvalue weighted by molar-refractivity contribution is 7.99. The lowest BCUT2D eigenvalue weighted by Gasteiger charge is -2.21. The van der Waals surface area contributed by atoms with E-state index in [2.05, 4.69) is 28.3 Å². The molecule has 2 saturated heterocycles. The zero-order valence-corrected chi connectivity index (χ0v) is 13.5. The Morgan fingerprint density at radius 2 is 2.33 bits per heavy atom. The second-order valence-corrected chi connectivity index (χ2v) is 7.64. The SMILES string of the molecule is CSc1cc(C(=O)N[C@@H]2C[C@H]3CC[C@@H]2N3)cc2ccsc12. The molecular weight excluding hydrogens is 300 g/mol. The van der Waals surface area contributed by atoms with Crippen LogP contribution >= 0.6 is 23.1 Å². The summed E-state index contributed by atoms with van der Waals surface area (Å²) in [6, 6.07) is 7.52. The highest BCUT2D eigenvalue weighted by Gasteiger charge is 2.39. The predicted molar refractivity (Wildman–Crippen MR) is 89.4 cm³/mol. The molecule has 1 amide bonds. The van der Waals surface area contributed by atoms with Crippen molar-refractivity contribution in [2.24, 2.45) is 0 Å². The van der Waals surface area contributed by atoms with Gasteiger partial charge in [-0.2, -0.15) is 0 Å². The van der Waals surface area contributed by atoms with Gasteiger partial charge in [-0.3, -0.25) is 4.79 Å². The van der Waals surface area contributed by atoms with Gasteiger partial charge in [0.1, 0.15) is 0 Å². The summed E-state index contributed by atoms with van der Waals surface area (Å²) in [6.07, 6.45) is 5.59. The van der Waals surface area contributed by atoms with Gasteiger partial charge in [0.2, 0.25) is 0 Å². The summed E-state index contributed by atoms with van der Waals surface area (Å²) in [5.74, 6) is 0.0674. The van der Waals surface area contributed by atoms with Crippen molar-refractivity contribution in [2.45, 2.75) is 42.3 Å². The van der Waals surface area contributed by atoms with Crippen LogP contribution in [0.2, 0.25) is 0 Å². The van der Waals surface area contributed by atoms with E-state index in [0.717, 1.165) is 12.0 Å². The Hall–Kier alpha value is -1.04. The molecule has 0 aliphatic carbocycles. The fourth-order valence-electron chi connectivity index (χ4n) is 3.57. The number of rotatable bonds is 3. The van der Waals surface area contributed by atoms with Crippen molar-refractivity contribution in [2.75, 3.05) is 6.26 Å². The number of thioether (sulfide) groups is 1. The predicted octanol–water partition coefficient (Wildman–Crippen LogP) is 3.25. The summed E-state index contributed by atoms with van der Waals surface area (Å²) in [5.41, 5.74) is 0.785. The highest BCUT2D eigenvalue weighted by atomic mass is 32.2. The number of benzene rings is 1. The molecule has 1 aromatic heterocycles. The van der Waals surface area contributed by atoms with Gasteiger partial charge >= 0.3 is 0 Å². The Bertz CT molecular complexity index is 697. The van der Waals surface area contributed by atoms with Crippen molar-refractivity contribution in [1.29, 1.82) is 0 Å². The molecule has 2 aliphatic rings. The number of amides is 1. The average molecular weight is 318 g/mol. The van der Waals surface area contributed by atoms with E-state index in [9.17, 15) is 4.79 Å². The summed E-state index contributed by atoms with van der Waals surface area (Å²) in [7, 11) is 0. The summed E-state index contributed by atoms with van der Waals surface area (Å²) in [6.45, 7) is 0. The van der Waals surface area contributed by atoms with E-state index in [4.69, 9.17) is 0 Å². The van der Waals surface area contributed by atoms with Crippen LogP contribution in [0.25, 0.3) is 10.1 Å². The molecular formula is C16H18N2OS2. The number of hydrogen-bond acceptors (Lipinski definition) is 4. The molecule has 2 N–H and O–H groups in total. The van der Waals surface area contributed by atoms with Crippen LogP contribution < -0.4 is 10.6 Å². The number of thiophene rings is 1. The highest BCUT2D eigenvalue weighted by Crippen LogP contribution is 2.33. The number of fused-ring (bicyclic) bond motifs is 3. The van der Waals surface area contributed by atoms with Crippen LogP contribution in [-0.4, -0.2) is 30.3 Å². The Labute approximate surface area is 132 Å². The first-order valence-electron chi connectivity index (χ1n) is 7.37. The Balaban J connectivity index is 1.59. The number of hydrogen-bond donors (Lipinski definition) is 2. The Morgan fingerprint density at radius 1 is 1.43 bits per heavy atom. The van der Waals surface area contributed by atoms with E-state index in [0.29, 0.717) is 18.1 Å². The van der Waals surface area contributed by atoms with Gasteiger partial charge in [-0.05, 0) is 54.5 Å². The van der Waals surface area contributed by atoms with E-state index in [-0.39, 0.29) is 5.91 Å². The van der Waals surface area contributed by atoms with Gasteiger partial charge in [0, 0.05) is 33.3 Å². The van der Waals surface area contributed by atoms with Crippen LogP contribution in [0.5, 0.6) is 0 Å². The summed E-state index contributed by atoms with van der Waals surface area (Å²) in [5, 5.41) is 10.1. The topological polar surface area (TPSA) is 41.1 Å². The van der Waals surface area contributed by atoms with Crippen LogP contribution in [-0.2, 0) is 0 Å². The third kappa shape index (κ3) is 2.37. The van der Waals surface area contributed by atoms with E-state index in [1.807, 2.05) is 12.1 Å². The maximum Gasteiger partial charge on any atom is 0.251 e. The van der Waals surface area contributed by atoms with Gasteiger partial charge in [-0.1, -0.05) is 0 Å². The minimum atomic E-state index is 0.0674. The van der Waals surface area contributed by atoms with Gasteiger partial charge in [0.25, 0.3) is 5.91 Å². The molecule has 2 bridgehead atoms. The third-order valence-corrected chi connectivity index (χ3v) is 6.47. The minimum Gasteiger partial charge on any atom is -0.348 e. The molecule has 0 spiro atoms. The smallest absolute Gasteiger partial charge is 0.251 e. The standard InChI is InChI=1S/C16H18N2OS2/c1-20-14-7-10(6-9-4-5-21-15(9)14)16(19)18-13-8-11-2-3-12(13)17-11/h4-7,11-13,17H,2-3,8H2,1H3,(H,18,19)/t11-,12+,13-/m1/s1. The van der Waals surface area contributed by atoms with Gasteiger partial charge < -0.3 is 10.6 Å². The van der Waals surface area contributed by atoms with E-state index < -0.39 is 0 Å². The van der Waals surface area contributed by atoms with Gasteiger partial charge in [0.15, 0.2) is 0 Å².